The molecule has 110 valence electrons. The van der Waals surface area contributed by atoms with Gasteiger partial charge in [0.2, 0.25) is 0 Å². The van der Waals surface area contributed by atoms with Crippen LogP contribution in [0.15, 0.2) is 5.11 Å². The monoisotopic (exact) mass is 270 g/mol. The molecule has 0 aromatic carbocycles. The zero-order chi connectivity index (χ0) is 14.3. The maximum Gasteiger partial charge on any atom is 0.320 e. The van der Waals surface area contributed by atoms with E-state index in [1.165, 1.54) is 25.7 Å². The predicted octanol–water partition coefficient (Wildman–Crippen LogP) is 3.61. The van der Waals surface area contributed by atoms with Crippen molar-refractivity contribution in [3.8, 4) is 0 Å². The topological polar surface area (TPSA) is 112 Å². The van der Waals surface area contributed by atoms with Crippen LogP contribution in [-0.2, 0) is 4.79 Å². The summed E-state index contributed by atoms with van der Waals surface area (Å²) < 4.78 is 0. The van der Waals surface area contributed by atoms with Crippen molar-refractivity contribution in [3.05, 3.63) is 10.4 Å². The molecule has 0 rings (SSSR count). The van der Waals surface area contributed by atoms with E-state index in [0.717, 1.165) is 32.1 Å². The summed E-state index contributed by atoms with van der Waals surface area (Å²) in [4.78, 5) is 13.2. The average molecular weight is 270 g/mol. The number of carboxylic acid groups (broad SMARTS) is 1. The maximum atomic E-state index is 10.5. The van der Waals surface area contributed by atoms with Gasteiger partial charge in [-0.05, 0) is 18.4 Å². The van der Waals surface area contributed by atoms with E-state index in [2.05, 4.69) is 10.0 Å². The average Bonchev–Trinajstić information content (AvgIpc) is 2.39. The number of nitrogens with zero attached hydrogens (tertiary/aromatic N) is 3. The summed E-state index contributed by atoms with van der Waals surface area (Å²) in [5.74, 6) is -0.902. The minimum absolute atomic E-state index is 0.578. The van der Waals surface area contributed by atoms with Crippen molar-refractivity contribution < 1.29 is 9.90 Å². The molecule has 0 amide bonds. The number of rotatable bonds is 13. The number of nitrogens with two attached hydrogens (primary N) is 1. The van der Waals surface area contributed by atoms with Crippen molar-refractivity contribution in [1.82, 2.24) is 0 Å². The number of unbranched alkanes of at least 4 members (excludes halogenated alkanes) is 8. The van der Waals surface area contributed by atoms with Gasteiger partial charge in [0.25, 0.3) is 0 Å². The van der Waals surface area contributed by atoms with E-state index in [4.69, 9.17) is 16.4 Å². The Labute approximate surface area is 115 Å². The normalized spacial score (nSPS) is 11.8. The van der Waals surface area contributed by atoms with Crippen LogP contribution >= 0.6 is 0 Å². The molecule has 19 heavy (non-hydrogen) atoms. The third kappa shape index (κ3) is 13.0. The van der Waals surface area contributed by atoms with Crippen molar-refractivity contribution in [3.63, 3.8) is 0 Å². The Morgan fingerprint density at radius 2 is 1.53 bits per heavy atom. The highest BCUT2D eigenvalue weighted by molar-refractivity contribution is 5.72. The first-order valence-electron chi connectivity index (χ1n) is 7.17. The van der Waals surface area contributed by atoms with Gasteiger partial charge < -0.3 is 10.8 Å². The first kappa shape index (κ1) is 17.7. The highest BCUT2D eigenvalue weighted by Gasteiger charge is 2.09. The lowest BCUT2D eigenvalue weighted by Gasteiger charge is -2.05. The Bertz CT molecular complexity index is 278. The molecule has 6 heteroatoms. The van der Waals surface area contributed by atoms with Crippen molar-refractivity contribution in [1.29, 1.82) is 0 Å². The van der Waals surface area contributed by atoms with Gasteiger partial charge in [0.1, 0.15) is 6.04 Å². The molecule has 0 aliphatic rings. The van der Waals surface area contributed by atoms with Crippen LogP contribution < -0.4 is 5.73 Å². The van der Waals surface area contributed by atoms with E-state index < -0.39 is 12.0 Å². The van der Waals surface area contributed by atoms with Gasteiger partial charge in [-0.1, -0.05) is 56.5 Å². The predicted molar refractivity (Wildman–Crippen MR) is 75.8 cm³/mol. The Balaban J connectivity index is 3.10. The molecule has 0 aromatic heterocycles. The van der Waals surface area contributed by atoms with Gasteiger partial charge in [-0.2, -0.15) is 0 Å². The Hall–Kier alpha value is -1.26. The van der Waals surface area contributed by atoms with Gasteiger partial charge in [-0.3, -0.25) is 4.79 Å². The molecular weight excluding hydrogens is 244 g/mol. The van der Waals surface area contributed by atoms with Crippen LogP contribution in [0.3, 0.4) is 0 Å². The molecule has 6 nitrogen and oxygen atoms in total. The van der Waals surface area contributed by atoms with Crippen LogP contribution in [0.2, 0.25) is 0 Å². The van der Waals surface area contributed by atoms with Gasteiger partial charge in [0.15, 0.2) is 0 Å². The fourth-order valence-corrected chi connectivity index (χ4v) is 1.95. The molecular formula is C13H26N4O2. The molecule has 0 spiro atoms. The Kier molecular flexibility index (Phi) is 12.3. The third-order valence-electron chi connectivity index (χ3n) is 3.15. The molecule has 0 heterocycles. The molecule has 0 saturated carbocycles. The van der Waals surface area contributed by atoms with Gasteiger partial charge in [0.05, 0.1) is 0 Å². The number of aliphatic carboxylic acids is 1. The second kappa shape index (κ2) is 13.2. The largest absolute Gasteiger partial charge is 0.480 e. The zero-order valence-electron chi connectivity index (χ0n) is 11.6. The second-order valence-electron chi connectivity index (χ2n) is 4.87. The standard InChI is InChI=1S/C13H26N4O2/c14-12(13(18)19)10-8-6-4-2-1-3-5-7-9-11-16-17-15/h12H,1-11,14H2,(H,18,19)/t12-/m0/s1. The summed E-state index contributed by atoms with van der Waals surface area (Å²) in [5.41, 5.74) is 13.5. The highest BCUT2D eigenvalue weighted by Crippen LogP contribution is 2.11. The quantitative estimate of drug-likeness (QED) is 0.230. The summed E-state index contributed by atoms with van der Waals surface area (Å²) in [6.07, 6.45) is 10.7. The van der Waals surface area contributed by atoms with Gasteiger partial charge in [-0.25, -0.2) is 0 Å². The van der Waals surface area contributed by atoms with Gasteiger partial charge in [0, 0.05) is 11.5 Å². The number of carboxylic acids is 1. The number of hydrogen-bond donors (Lipinski definition) is 2. The molecule has 3 N–H and O–H groups in total. The minimum Gasteiger partial charge on any atom is -0.480 e. The number of hydrogen-bond acceptors (Lipinski definition) is 3. The molecule has 0 bridgehead atoms. The Morgan fingerprint density at radius 3 is 2.00 bits per heavy atom. The number of azide groups is 1. The first-order valence-corrected chi connectivity index (χ1v) is 7.17. The fraction of sp³-hybridized carbons (Fsp3) is 0.923. The van der Waals surface area contributed by atoms with Crippen molar-refractivity contribution in [2.45, 2.75) is 70.3 Å². The van der Waals surface area contributed by atoms with E-state index in [-0.39, 0.29) is 0 Å². The summed E-state index contributed by atoms with van der Waals surface area (Å²) >= 11 is 0. The van der Waals surface area contributed by atoms with Crippen molar-refractivity contribution >= 4 is 5.97 Å². The van der Waals surface area contributed by atoms with E-state index in [1.807, 2.05) is 0 Å². The zero-order valence-corrected chi connectivity index (χ0v) is 11.6. The van der Waals surface area contributed by atoms with Crippen molar-refractivity contribution in [2.75, 3.05) is 6.54 Å². The molecule has 0 saturated heterocycles. The smallest absolute Gasteiger partial charge is 0.320 e. The SMILES string of the molecule is [N-]=[N+]=NCCCCCCCCCCC[C@H](N)C(=O)O. The fourth-order valence-electron chi connectivity index (χ4n) is 1.95. The molecule has 1 atom stereocenters. The van der Waals surface area contributed by atoms with E-state index >= 15 is 0 Å². The maximum absolute atomic E-state index is 10.5. The van der Waals surface area contributed by atoms with E-state index in [9.17, 15) is 4.79 Å². The van der Waals surface area contributed by atoms with Crippen LogP contribution in [0.25, 0.3) is 10.4 Å². The third-order valence-corrected chi connectivity index (χ3v) is 3.15. The lowest BCUT2D eigenvalue weighted by Crippen LogP contribution is -2.29. The van der Waals surface area contributed by atoms with Crippen LogP contribution in [0.1, 0.15) is 64.2 Å². The van der Waals surface area contributed by atoms with Crippen molar-refractivity contribution in [2.24, 2.45) is 10.8 Å². The first-order chi connectivity index (χ1) is 9.18. The number of carbonyl (C=O) groups is 1. The molecule has 0 unspecified atom stereocenters. The van der Waals surface area contributed by atoms with Gasteiger partial charge >= 0.3 is 5.97 Å². The van der Waals surface area contributed by atoms with Crippen LogP contribution in [0.5, 0.6) is 0 Å². The molecule has 0 radical (unpaired) electrons. The lowest BCUT2D eigenvalue weighted by molar-refractivity contribution is -0.138. The summed E-state index contributed by atoms with van der Waals surface area (Å²) in [6.45, 7) is 0.611. The summed E-state index contributed by atoms with van der Waals surface area (Å²) in [7, 11) is 0. The van der Waals surface area contributed by atoms with E-state index in [0.29, 0.717) is 13.0 Å². The second-order valence-corrected chi connectivity index (χ2v) is 4.87. The summed E-state index contributed by atoms with van der Waals surface area (Å²) in [6, 6.07) is -0.698. The molecule has 0 aliphatic heterocycles. The molecule has 0 aromatic rings. The van der Waals surface area contributed by atoms with E-state index in [1.54, 1.807) is 0 Å². The lowest BCUT2D eigenvalue weighted by atomic mass is 10.0. The van der Waals surface area contributed by atoms with Crippen LogP contribution in [0.4, 0.5) is 0 Å². The van der Waals surface area contributed by atoms with Gasteiger partial charge in [-0.15, -0.1) is 0 Å². The molecule has 0 aliphatic carbocycles. The molecule has 0 fully saturated rings. The summed E-state index contributed by atoms with van der Waals surface area (Å²) in [5, 5.41) is 12.1. The van der Waals surface area contributed by atoms with Crippen LogP contribution in [0, 0.1) is 0 Å². The highest BCUT2D eigenvalue weighted by atomic mass is 16.4. The minimum atomic E-state index is -0.902. The Morgan fingerprint density at radius 1 is 1.05 bits per heavy atom. The van der Waals surface area contributed by atoms with Crippen LogP contribution in [-0.4, -0.2) is 23.7 Å².